The minimum absolute atomic E-state index is 0.287. The molecule has 0 aliphatic carbocycles. The zero-order valence-corrected chi connectivity index (χ0v) is 14.0. The average molecular weight is 352 g/mol. The number of aliphatic imine (C=N–C) groups is 1. The van der Waals surface area contributed by atoms with Crippen LogP contribution >= 0.6 is 15.9 Å². The van der Waals surface area contributed by atoms with Gasteiger partial charge in [-0.1, -0.05) is 6.07 Å². The summed E-state index contributed by atoms with van der Waals surface area (Å²) in [7, 11) is 0. The third-order valence-electron chi connectivity index (χ3n) is 5.02. The number of benzene rings is 1. The Hall–Kier alpha value is -0.870. The maximum absolute atomic E-state index is 9.98. The lowest BCUT2D eigenvalue weighted by atomic mass is 9.83. The van der Waals surface area contributed by atoms with Gasteiger partial charge in [0.15, 0.2) is 0 Å². The second kappa shape index (κ2) is 6.93. The molecule has 1 aromatic carbocycles. The van der Waals surface area contributed by atoms with Crippen molar-refractivity contribution in [1.82, 2.24) is 0 Å². The van der Waals surface area contributed by atoms with E-state index in [0.29, 0.717) is 0 Å². The fourth-order valence-corrected chi connectivity index (χ4v) is 4.30. The largest absolute Gasteiger partial charge is 0.506 e. The molecule has 3 nitrogen and oxygen atoms in total. The van der Waals surface area contributed by atoms with Crippen LogP contribution in [-0.2, 0) is 0 Å². The van der Waals surface area contributed by atoms with Crippen LogP contribution in [0.3, 0.4) is 0 Å². The third-order valence-corrected chi connectivity index (χ3v) is 5.66. The molecule has 0 bridgehead atoms. The average Bonchev–Trinajstić information content (AvgIpc) is 2.52. The zero-order chi connectivity index (χ0) is 14.7. The van der Waals surface area contributed by atoms with Crippen molar-refractivity contribution in [2.45, 2.75) is 38.1 Å². The first-order valence-electron chi connectivity index (χ1n) is 8.07. The number of aromatic hydroxyl groups is 1. The number of halogens is 1. The Morgan fingerprint density at radius 1 is 1.24 bits per heavy atom. The highest BCUT2D eigenvalue weighted by atomic mass is 79.9. The molecular weight excluding hydrogens is 328 g/mol. The van der Waals surface area contributed by atoms with Crippen molar-refractivity contribution >= 4 is 22.1 Å². The molecule has 0 amide bonds. The Kier molecular flexibility index (Phi) is 4.96. The summed E-state index contributed by atoms with van der Waals surface area (Å²) >= 11 is 3.35. The van der Waals surface area contributed by atoms with E-state index in [1.165, 1.54) is 45.2 Å². The number of phenolic OH excluding ortho intramolecular Hbond substituents is 1. The number of phenols is 1. The summed E-state index contributed by atoms with van der Waals surface area (Å²) in [6.45, 7) is 3.62. The van der Waals surface area contributed by atoms with Crippen molar-refractivity contribution in [2.75, 3.05) is 19.6 Å². The van der Waals surface area contributed by atoms with E-state index in [4.69, 9.17) is 0 Å². The number of para-hydroxylation sites is 1. The summed E-state index contributed by atoms with van der Waals surface area (Å²) in [5, 5.41) is 9.98. The molecule has 2 aliphatic rings. The number of hydrogen-bond donors (Lipinski definition) is 2. The van der Waals surface area contributed by atoms with Crippen LogP contribution in [0.25, 0.3) is 0 Å². The van der Waals surface area contributed by atoms with Crippen LogP contribution in [0.2, 0.25) is 0 Å². The number of fused-ring (bicyclic) bond motifs is 1. The number of nitrogens with one attached hydrogen (secondary N) is 1. The topological polar surface area (TPSA) is 37.0 Å². The predicted octanol–water partition coefficient (Wildman–Crippen LogP) is 2.42. The molecule has 1 aromatic rings. The fourth-order valence-electron chi connectivity index (χ4n) is 3.92. The van der Waals surface area contributed by atoms with Gasteiger partial charge in [-0.05, 0) is 60.2 Å². The van der Waals surface area contributed by atoms with Gasteiger partial charge < -0.3 is 10.0 Å². The lowest BCUT2D eigenvalue weighted by Gasteiger charge is -2.40. The first-order valence-corrected chi connectivity index (χ1v) is 8.87. The first-order chi connectivity index (χ1) is 10.3. The van der Waals surface area contributed by atoms with Gasteiger partial charge in [0.2, 0.25) is 0 Å². The highest BCUT2D eigenvalue weighted by Crippen LogP contribution is 2.26. The van der Waals surface area contributed by atoms with E-state index >= 15 is 0 Å². The summed E-state index contributed by atoms with van der Waals surface area (Å²) in [6.07, 6.45) is 8.65. The molecule has 2 saturated heterocycles. The molecule has 0 radical (unpaired) electrons. The predicted molar refractivity (Wildman–Crippen MR) is 89.3 cm³/mol. The third kappa shape index (κ3) is 3.49. The van der Waals surface area contributed by atoms with Gasteiger partial charge in [-0.2, -0.15) is 0 Å². The molecule has 0 saturated carbocycles. The quantitative estimate of drug-likeness (QED) is 0.806. The van der Waals surface area contributed by atoms with E-state index in [2.05, 4.69) is 20.9 Å². The molecule has 0 aromatic heterocycles. The lowest BCUT2D eigenvalue weighted by Crippen LogP contribution is -3.18. The molecule has 2 N–H and O–H groups in total. The van der Waals surface area contributed by atoms with E-state index in [1.807, 2.05) is 29.3 Å². The zero-order valence-electron chi connectivity index (χ0n) is 12.4. The normalized spacial score (nSPS) is 29.5. The molecule has 2 heterocycles. The van der Waals surface area contributed by atoms with Crippen LogP contribution < -0.4 is 4.90 Å². The van der Waals surface area contributed by atoms with Crippen molar-refractivity contribution < 1.29 is 10.0 Å². The van der Waals surface area contributed by atoms with Crippen molar-refractivity contribution in [3.05, 3.63) is 28.2 Å². The van der Waals surface area contributed by atoms with Gasteiger partial charge in [0.1, 0.15) is 5.75 Å². The van der Waals surface area contributed by atoms with E-state index in [9.17, 15) is 5.11 Å². The van der Waals surface area contributed by atoms with Crippen molar-refractivity contribution in [2.24, 2.45) is 10.9 Å². The van der Waals surface area contributed by atoms with Gasteiger partial charge >= 0.3 is 0 Å². The SMILES string of the molecule is Oc1c(Br)cccc1C=NC[C@H]1CCC[NH+]2CCCC[C@H]12. The molecule has 114 valence electrons. The van der Waals surface area contributed by atoms with Crippen molar-refractivity contribution in [3.63, 3.8) is 0 Å². The number of rotatable bonds is 3. The summed E-state index contributed by atoms with van der Waals surface area (Å²) in [4.78, 5) is 6.46. The molecule has 2 aliphatic heterocycles. The molecule has 0 spiro atoms. The van der Waals surface area contributed by atoms with Gasteiger partial charge in [-0.15, -0.1) is 0 Å². The highest BCUT2D eigenvalue weighted by Gasteiger charge is 2.36. The van der Waals surface area contributed by atoms with Crippen LogP contribution in [-0.4, -0.2) is 37.0 Å². The maximum Gasteiger partial charge on any atom is 0.138 e. The monoisotopic (exact) mass is 351 g/mol. The van der Waals surface area contributed by atoms with Gasteiger partial charge in [-0.3, -0.25) is 4.99 Å². The highest BCUT2D eigenvalue weighted by molar-refractivity contribution is 9.10. The van der Waals surface area contributed by atoms with Crippen molar-refractivity contribution in [1.29, 1.82) is 0 Å². The van der Waals surface area contributed by atoms with Crippen molar-refractivity contribution in [3.8, 4) is 5.75 Å². The minimum Gasteiger partial charge on any atom is -0.506 e. The van der Waals surface area contributed by atoms with Crippen LogP contribution in [0.1, 0.15) is 37.7 Å². The van der Waals surface area contributed by atoms with E-state index in [-0.39, 0.29) is 5.75 Å². The second-order valence-electron chi connectivity index (χ2n) is 6.33. The smallest absolute Gasteiger partial charge is 0.138 e. The molecule has 21 heavy (non-hydrogen) atoms. The molecule has 2 fully saturated rings. The minimum atomic E-state index is 0.287. The van der Waals surface area contributed by atoms with E-state index in [0.717, 1.165) is 28.5 Å². The second-order valence-corrected chi connectivity index (χ2v) is 7.19. The summed E-state index contributed by atoms with van der Waals surface area (Å²) < 4.78 is 0.729. The molecule has 3 atom stereocenters. The number of piperidine rings is 2. The van der Waals surface area contributed by atoms with E-state index in [1.54, 1.807) is 0 Å². The molecular formula is C17H24BrN2O+. The molecule has 1 unspecified atom stereocenters. The number of nitrogens with zero attached hydrogens (tertiary/aromatic N) is 1. The Morgan fingerprint density at radius 2 is 2.10 bits per heavy atom. The number of quaternary nitrogens is 1. The summed E-state index contributed by atoms with van der Waals surface area (Å²) in [5.74, 6) is 1.01. The lowest BCUT2D eigenvalue weighted by molar-refractivity contribution is -0.939. The maximum atomic E-state index is 9.98. The number of hydrogen-bond acceptors (Lipinski definition) is 2. The van der Waals surface area contributed by atoms with Crippen LogP contribution in [0, 0.1) is 5.92 Å². The molecule has 4 heteroatoms. The first kappa shape index (κ1) is 15.0. The van der Waals surface area contributed by atoms with E-state index < -0.39 is 0 Å². The van der Waals surface area contributed by atoms with Gasteiger partial charge in [0, 0.05) is 24.2 Å². The molecule has 3 rings (SSSR count). The Balaban J connectivity index is 1.63. The fraction of sp³-hybridized carbons (Fsp3) is 0.588. The van der Waals surface area contributed by atoms with Crippen LogP contribution in [0.5, 0.6) is 5.75 Å². The van der Waals surface area contributed by atoms with Gasteiger partial charge in [0.05, 0.1) is 23.6 Å². The van der Waals surface area contributed by atoms with Crippen LogP contribution in [0.15, 0.2) is 27.7 Å². The summed E-state index contributed by atoms with van der Waals surface area (Å²) in [5.41, 5.74) is 0.799. The van der Waals surface area contributed by atoms with Crippen LogP contribution in [0.4, 0.5) is 0 Å². The van der Waals surface area contributed by atoms with Gasteiger partial charge in [0.25, 0.3) is 0 Å². The summed E-state index contributed by atoms with van der Waals surface area (Å²) in [6, 6.07) is 6.50. The Morgan fingerprint density at radius 3 is 3.00 bits per heavy atom. The Labute approximate surface area is 135 Å². The Bertz CT molecular complexity index is 516. The van der Waals surface area contributed by atoms with Gasteiger partial charge in [-0.25, -0.2) is 0 Å². The standard InChI is InChI=1S/C17H23BrN2O/c18-15-7-3-5-14(17(15)21)12-19-11-13-6-4-10-20-9-2-1-8-16(13)20/h3,5,7,12-13,16,21H,1-2,4,6,8-11H2/p+1/t13-,16-/m1/s1.